The highest BCUT2D eigenvalue weighted by atomic mass is 32.2. The molecule has 7 aromatic heterocycles. The molecule has 3 fully saturated rings. The molecule has 7 heterocycles. The summed E-state index contributed by atoms with van der Waals surface area (Å²) in [5, 5.41) is 22.4. The molecule has 0 spiro atoms. The fourth-order valence-corrected chi connectivity index (χ4v) is 12.0. The van der Waals surface area contributed by atoms with Crippen LogP contribution in [0.2, 0.25) is 0 Å². The van der Waals surface area contributed by atoms with Crippen molar-refractivity contribution in [3.8, 4) is 33.4 Å². The van der Waals surface area contributed by atoms with Crippen molar-refractivity contribution in [3.63, 3.8) is 0 Å². The van der Waals surface area contributed by atoms with Crippen molar-refractivity contribution >= 4 is 50.2 Å². The smallest absolute Gasteiger partial charge is 0.242 e. The van der Waals surface area contributed by atoms with Gasteiger partial charge < -0.3 is 27.2 Å². The Hall–Kier alpha value is -7.48. The average molecular weight is 1060 g/mol. The lowest BCUT2D eigenvalue weighted by molar-refractivity contribution is 0.282. The van der Waals surface area contributed by atoms with Crippen LogP contribution in [0.15, 0.2) is 109 Å². The summed E-state index contributed by atoms with van der Waals surface area (Å²) in [5.74, 6) is 4.24. The number of fused-ring (bicyclic) bond motifs is 3. The van der Waals surface area contributed by atoms with Gasteiger partial charge >= 0.3 is 0 Å². The van der Waals surface area contributed by atoms with E-state index in [0.29, 0.717) is 40.9 Å². The van der Waals surface area contributed by atoms with Crippen molar-refractivity contribution < 1.29 is 13.5 Å². The van der Waals surface area contributed by atoms with Gasteiger partial charge in [-0.25, -0.2) is 32.7 Å². The lowest BCUT2D eigenvalue weighted by atomic mass is 9.87. The summed E-state index contributed by atoms with van der Waals surface area (Å²) >= 11 is 0. The van der Waals surface area contributed by atoms with Gasteiger partial charge in [0, 0.05) is 110 Å². The molecule has 0 saturated heterocycles. The summed E-state index contributed by atoms with van der Waals surface area (Å²) in [7, 11) is 3.55. The fourth-order valence-electron chi connectivity index (χ4n) is 11.1. The number of pyridine rings is 1. The summed E-state index contributed by atoms with van der Waals surface area (Å²) in [6.45, 7) is 0.0477. The number of nitrogen functional groups attached to an aromatic ring is 3. The van der Waals surface area contributed by atoms with Crippen LogP contribution >= 0.6 is 0 Å². The first-order valence-electron chi connectivity index (χ1n) is 27.1. The summed E-state index contributed by atoms with van der Waals surface area (Å²) in [4.78, 5) is 21.5. The topological polar surface area (TPSA) is 242 Å². The van der Waals surface area contributed by atoms with Crippen LogP contribution in [-0.2, 0) is 16.6 Å². The second-order valence-electron chi connectivity index (χ2n) is 21.2. The summed E-state index contributed by atoms with van der Waals surface area (Å²) in [5.41, 5.74) is 30.9. The molecule has 0 amide bonds. The maximum absolute atomic E-state index is 12.3. The molecule has 7 N–H and O–H groups in total. The second kappa shape index (κ2) is 23.0. The molecule has 77 heavy (non-hydrogen) atoms. The molecule has 12 rings (SSSR count). The third-order valence-corrected chi connectivity index (χ3v) is 17.4. The fraction of sp³-hybridized carbons (Fsp3) is 0.397. The molecule has 19 heteroatoms. The number of nitrogens with zero attached hydrogens (tertiary/aromatic N) is 12. The molecule has 402 valence electrons. The van der Waals surface area contributed by atoms with Crippen LogP contribution in [0.1, 0.15) is 137 Å². The van der Waals surface area contributed by atoms with E-state index < -0.39 is 10.0 Å². The van der Waals surface area contributed by atoms with E-state index in [4.69, 9.17) is 32.2 Å². The zero-order valence-electron chi connectivity index (χ0n) is 44.6. The van der Waals surface area contributed by atoms with Crippen LogP contribution in [0.5, 0.6) is 0 Å². The number of rotatable bonds is 10. The molecular formula is C58H71N15O3S. The number of hydrogen-bond donors (Lipinski definition) is 4. The Labute approximate surface area is 450 Å². The predicted molar refractivity (Wildman–Crippen MR) is 305 cm³/mol. The molecule has 3 saturated carbocycles. The maximum Gasteiger partial charge on any atom is 0.242 e. The van der Waals surface area contributed by atoms with Crippen molar-refractivity contribution in [1.82, 2.24) is 53.1 Å². The highest BCUT2D eigenvalue weighted by Gasteiger charge is 2.24. The van der Waals surface area contributed by atoms with E-state index in [9.17, 15) is 13.5 Å². The number of aliphatic hydroxyl groups excluding tert-OH is 1. The molecule has 3 aliphatic carbocycles. The van der Waals surface area contributed by atoms with Crippen molar-refractivity contribution in [1.29, 1.82) is 0 Å². The third-order valence-electron chi connectivity index (χ3n) is 15.5. The van der Waals surface area contributed by atoms with E-state index in [1.165, 1.54) is 102 Å². The van der Waals surface area contributed by atoms with Crippen molar-refractivity contribution in [2.45, 2.75) is 126 Å². The summed E-state index contributed by atoms with van der Waals surface area (Å²) in [6, 6.07) is 24.6. The molecule has 0 bridgehead atoms. The molecule has 18 nitrogen and oxygen atoms in total. The Morgan fingerprint density at radius 2 is 0.870 bits per heavy atom. The van der Waals surface area contributed by atoms with Gasteiger partial charge in [0.25, 0.3) is 0 Å². The Morgan fingerprint density at radius 3 is 1.21 bits per heavy atom. The minimum atomic E-state index is -3.46. The minimum Gasteiger partial charge on any atom is -0.392 e. The molecule has 0 unspecified atom stereocenters. The van der Waals surface area contributed by atoms with Gasteiger partial charge in [-0.15, -0.1) is 0 Å². The Kier molecular flexibility index (Phi) is 15.8. The number of benzene rings is 2. The predicted octanol–water partition coefficient (Wildman–Crippen LogP) is 10.3. The summed E-state index contributed by atoms with van der Waals surface area (Å²) < 4.78 is 30.9. The zero-order chi connectivity index (χ0) is 53.8. The molecule has 2 aromatic carbocycles. The Bertz CT molecular complexity index is 3570. The van der Waals surface area contributed by atoms with E-state index in [1.54, 1.807) is 44.0 Å². The number of hydrogen-bond acceptors (Lipinski definition) is 14. The van der Waals surface area contributed by atoms with E-state index >= 15 is 0 Å². The van der Waals surface area contributed by atoms with Gasteiger partial charge in [-0.05, 0) is 79.5 Å². The van der Waals surface area contributed by atoms with Crippen molar-refractivity contribution in [2.24, 2.45) is 0 Å². The van der Waals surface area contributed by atoms with Crippen LogP contribution in [0.4, 0.5) is 23.3 Å². The van der Waals surface area contributed by atoms with Crippen LogP contribution in [0, 0.1) is 0 Å². The van der Waals surface area contributed by atoms with Crippen molar-refractivity contribution in [2.75, 3.05) is 50.3 Å². The molecule has 0 atom stereocenters. The highest BCUT2D eigenvalue weighted by Crippen LogP contribution is 2.37. The van der Waals surface area contributed by atoms with Gasteiger partial charge in [0.15, 0.2) is 16.9 Å². The Balaban J connectivity index is 0.000000131. The SMILES string of the molecule is CN(C)S(=O)(=O)c1ccc(-c2cnn3c(N)cc(C4CCCCC4)nc23)cc1.CN(C)c1ccc(-c2cnn3c(N)cc(C4CCCCC4)nc23)cn1.Nc1cc(C2CCCCC2)nc2c(-c3ccc(CO)cc3)cnn12. The number of aromatic nitrogens is 10. The normalized spacial score (nSPS) is 15.9. The van der Waals surface area contributed by atoms with Gasteiger partial charge in [0.1, 0.15) is 23.3 Å². The van der Waals surface area contributed by atoms with E-state index in [-0.39, 0.29) is 11.5 Å². The van der Waals surface area contributed by atoms with Gasteiger partial charge in [0.2, 0.25) is 10.0 Å². The highest BCUT2D eigenvalue weighted by molar-refractivity contribution is 7.89. The van der Waals surface area contributed by atoms with Crippen LogP contribution < -0.4 is 22.1 Å². The second-order valence-corrected chi connectivity index (χ2v) is 23.3. The molecule has 9 aromatic rings. The molecule has 0 radical (unpaired) electrons. The van der Waals surface area contributed by atoms with E-state index in [0.717, 1.165) is 86.0 Å². The largest absolute Gasteiger partial charge is 0.392 e. The molecule has 0 aliphatic heterocycles. The number of aliphatic hydroxyl groups is 1. The zero-order valence-corrected chi connectivity index (χ0v) is 45.4. The average Bonchev–Trinajstić information content (AvgIpc) is 4.27. The van der Waals surface area contributed by atoms with Crippen molar-refractivity contribution in [3.05, 3.63) is 126 Å². The standard InChI is InChI=1S/C20H25N5O2S.C19H24N6.C19H22N4O/c1-24(2)28(26,27)16-10-8-14(9-11-16)17-13-22-25-19(21)12-18(23-20(17)25)15-6-4-3-5-7-15;1-24(2)18-9-8-14(11-21-18)15-12-22-25-17(20)10-16(23-19(15)25)13-6-4-3-5-7-13;20-18-10-17(15-4-2-1-3-5-15)22-19-16(11-21-23(18)19)14-8-6-13(12-24)7-9-14/h8-13,15H,3-7,21H2,1-2H3;8-13H,3-7,20H2,1-2H3;6-11,15,24H,1-5,12,20H2. The van der Waals surface area contributed by atoms with Crippen LogP contribution in [-0.4, -0.2) is 94.8 Å². The third kappa shape index (κ3) is 11.3. The quantitative estimate of drug-likeness (QED) is 0.0996. The lowest BCUT2D eigenvalue weighted by Gasteiger charge is -2.21. The molecule has 3 aliphatic rings. The first-order chi connectivity index (χ1) is 37.3. The lowest BCUT2D eigenvalue weighted by Crippen LogP contribution is -2.22. The Morgan fingerprint density at radius 1 is 0.506 bits per heavy atom. The van der Waals surface area contributed by atoms with Gasteiger partial charge in [-0.3, -0.25) is 0 Å². The maximum atomic E-state index is 12.3. The summed E-state index contributed by atoms with van der Waals surface area (Å²) in [6.07, 6.45) is 25.8. The number of nitrogens with two attached hydrogens (primary N) is 3. The molecular weight excluding hydrogens is 987 g/mol. The monoisotopic (exact) mass is 1060 g/mol. The number of anilines is 4. The first-order valence-corrected chi connectivity index (χ1v) is 28.5. The number of sulfonamides is 1. The van der Waals surface area contributed by atoms with Gasteiger partial charge in [-0.1, -0.05) is 94.2 Å². The van der Waals surface area contributed by atoms with Crippen LogP contribution in [0.3, 0.4) is 0 Å². The van der Waals surface area contributed by atoms with Gasteiger partial charge in [0.05, 0.1) is 30.1 Å². The van der Waals surface area contributed by atoms with Gasteiger partial charge in [-0.2, -0.15) is 28.8 Å². The van der Waals surface area contributed by atoms with E-state index in [2.05, 4.69) is 26.3 Å². The minimum absolute atomic E-state index is 0.0477. The first kappa shape index (κ1) is 52.9. The van der Waals surface area contributed by atoms with E-state index in [1.807, 2.05) is 86.1 Å². The van der Waals surface area contributed by atoms with Crippen LogP contribution in [0.25, 0.3) is 50.3 Å².